The summed E-state index contributed by atoms with van der Waals surface area (Å²) >= 11 is 1.68. The minimum Gasteiger partial charge on any atom is -0.347 e. The first kappa shape index (κ1) is 11.4. The molecule has 3 aromatic rings. The number of halogens is 1. The van der Waals surface area contributed by atoms with Gasteiger partial charge in [0.05, 0.1) is 16.7 Å². The van der Waals surface area contributed by atoms with Gasteiger partial charge >= 0.3 is 0 Å². The van der Waals surface area contributed by atoms with E-state index in [-0.39, 0.29) is 5.82 Å². The lowest BCUT2D eigenvalue weighted by Gasteiger charge is -2.04. The van der Waals surface area contributed by atoms with Gasteiger partial charge in [-0.15, -0.1) is 11.3 Å². The molecule has 0 spiro atoms. The number of nitrogens with zero attached hydrogens (tertiary/aromatic N) is 2. The van der Waals surface area contributed by atoms with Gasteiger partial charge in [-0.25, -0.2) is 9.37 Å². The van der Waals surface area contributed by atoms with E-state index in [2.05, 4.69) is 9.55 Å². The molecule has 1 aromatic carbocycles. The molecule has 3 rings (SSSR count). The molecule has 18 heavy (non-hydrogen) atoms. The summed E-state index contributed by atoms with van der Waals surface area (Å²) in [5, 5.41) is 1.08. The van der Waals surface area contributed by atoms with Crippen molar-refractivity contribution >= 4 is 22.2 Å². The summed E-state index contributed by atoms with van der Waals surface area (Å²) in [7, 11) is 0. The summed E-state index contributed by atoms with van der Waals surface area (Å²) in [6.45, 7) is 2.88. The number of rotatable bonds is 3. The first-order valence-corrected chi connectivity index (χ1v) is 6.75. The SMILES string of the molecule is Cc1ncsc1CCn1ccc2ccc(F)cc21. The number of aryl methyl sites for hydroxylation is 3. The van der Waals surface area contributed by atoms with E-state index in [4.69, 9.17) is 0 Å². The quantitative estimate of drug-likeness (QED) is 0.700. The fourth-order valence-electron chi connectivity index (χ4n) is 2.14. The van der Waals surface area contributed by atoms with E-state index >= 15 is 0 Å². The first-order valence-electron chi connectivity index (χ1n) is 5.87. The van der Waals surface area contributed by atoms with Gasteiger partial charge in [0.25, 0.3) is 0 Å². The van der Waals surface area contributed by atoms with Crippen molar-refractivity contribution in [1.82, 2.24) is 9.55 Å². The number of benzene rings is 1. The third-order valence-corrected chi connectivity index (χ3v) is 4.16. The maximum Gasteiger partial charge on any atom is 0.125 e. The van der Waals surface area contributed by atoms with Crippen LogP contribution in [0.25, 0.3) is 10.9 Å². The number of fused-ring (bicyclic) bond motifs is 1. The Hall–Kier alpha value is -1.68. The molecule has 0 N–H and O–H groups in total. The molecular weight excluding hydrogens is 247 g/mol. The molecule has 0 aliphatic carbocycles. The minimum absolute atomic E-state index is 0.184. The van der Waals surface area contributed by atoms with Crippen molar-refractivity contribution in [2.24, 2.45) is 0 Å². The van der Waals surface area contributed by atoms with Crippen molar-refractivity contribution in [1.29, 1.82) is 0 Å². The van der Waals surface area contributed by atoms with Crippen molar-refractivity contribution in [2.45, 2.75) is 19.9 Å². The minimum atomic E-state index is -0.184. The van der Waals surface area contributed by atoms with Crippen molar-refractivity contribution in [3.63, 3.8) is 0 Å². The van der Waals surface area contributed by atoms with Crippen LogP contribution in [0.1, 0.15) is 10.6 Å². The van der Waals surface area contributed by atoms with Crippen molar-refractivity contribution in [3.8, 4) is 0 Å². The van der Waals surface area contributed by atoms with Gasteiger partial charge in [-0.3, -0.25) is 0 Å². The van der Waals surface area contributed by atoms with E-state index in [0.717, 1.165) is 29.6 Å². The number of thiazole rings is 1. The predicted molar refractivity (Wildman–Crippen MR) is 72.5 cm³/mol. The van der Waals surface area contributed by atoms with Crippen LogP contribution in [0.5, 0.6) is 0 Å². The van der Waals surface area contributed by atoms with Gasteiger partial charge in [-0.05, 0) is 36.6 Å². The Morgan fingerprint density at radius 3 is 3.00 bits per heavy atom. The third-order valence-electron chi connectivity index (χ3n) is 3.16. The van der Waals surface area contributed by atoms with E-state index in [1.54, 1.807) is 17.4 Å². The van der Waals surface area contributed by atoms with Crippen LogP contribution in [0.3, 0.4) is 0 Å². The average molecular weight is 260 g/mol. The smallest absolute Gasteiger partial charge is 0.125 e. The highest BCUT2D eigenvalue weighted by Gasteiger charge is 2.05. The first-order chi connectivity index (χ1) is 8.74. The zero-order chi connectivity index (χ0) is 12.5. The van der Waals surface area contributed by atoms with Crippen LogP contribution in [0.2, 0.25) is 0 Å². The van der Waals surface area contributed by atoms with E-state index in [1.165, 1.54) is 10.9 Å². The third kappa shape index (κ3) is 2.04. The topological polar surface area (TPSA) is 17.8 Å². The second-order valence-corrected chi connectivity index (χ2v) is 5.26. The van der Waals surface area contributed by atoms with E-state index in [1.807, 2.05) is 30.8 Å². The number of hydrogen-bond acceptors (Lipinski definition) is 2. The maximum atomic E-state index is 13.3. The normalized spacial score (nSPS) is 11.2. The second-order valence-electron chi connectivity index (χ2n) is 4.32. The highest BCUT2D eigenvalue weighted by molar-refractivity contribution is 7.09. The summed E-state index contributed by atoms with van der Waals surface area (Å²) in [4.78, 5) is 5.54. The van der Waals surface area contributed by atoms with Gasteiger partial charge in [0.1, 0.15) is 5.82 Å². The summed E-state index contributed by atoms with van der Waals surface area (Å²) in [5.74, 6) is -0.184. The van der Waals surface area contributed by atoms with Gasteiger partial charge in [0.2, 0.25) is 0 Å². The van der Waals surface area contributed by atoms with E-state index in [0.29, 0.717) is 0 Å². The summed E-state index contributed by atoms with van der Waals surface area (Å²) < 4.78 is 15.3. The Labute approximate surface area is 109 Å². The lowest BCUT2D eigenvalue weighted by Crippen LogP contribution is -1.99. The molecule has 0 aliphatic heterocycles. The monoisotopic (exact) mass is 260 g/mol. The van der Waals surface area contributed by atoms with Gasteiger partial charge in [-0.1, -0.05) is 0 Å². The Bertz CT molecular complexity index is 684. The van der Waals surface area contributed by atoms with Crippen molar-refractivity contribution in [2.75, 3.05) is 0 Å². The lowest BCUT2D eigenvalue weighted by molar-refractivity contribution is 0.627. The number of hydrogen-bond donors (Lipinski definition) is 0. The molecular formula is C14H13FN2S. The summed E-state index contributed by atoms with van der Waals surface area (Å²) in [6, 6.07) is 6.93. The molecule has 2 nitrogen and oxygen atoms in total. The molecule has 92 valence electrons. The van der Waals surface area contributed by atoms with Crippen molar-refractivity contribution < 1.29 is 4.39 Å². The molecule has 2 aromatic heterocycles. The Morgan fingerprint density at radius 2 is 2.22 bits per heavy atom. The molecule has 0 radical (unpaired) electrons. The highest BCUT2D eigenvalue weighted by atomic mass is 32.1. The molecule has 0 aliphatic rings. The standard InChI is InChI=1S/C14H13FN2S/c1-10-14(18-9-16-10)5-7-17-6-4-11-2-3-12(15)8-13(11)17/h2-4,6,8-9H,5,7H2,1H3. The van der Waals surface area contributed by atoms with Gasteiger partial charge < -0.3 is 4.57 Å². The van der Waals surface area contributed by atoms with Crippen LogP contribution in [0, 0.1) is 12.7 Å². The highest BCUT2D eigenvalue weighted by Crippen LogP contribution is 2.19. The van der Waals surface area contributed by atoms with Crippen LogP contribution < -0.4 is 0 Å². The van der Waals surface area contributed by atoms with Gasteiger partial charge in [0, 0.05) is 24.0 Å². The Balaban J connectivity index is 1.87. The van der Waals surface area contributed by atoms with Crippen LogP contribution in [-0.4, -0.2) is 9.55 Å². The summed E-state index contributed by atoms with van der Waals surface area (Å²) in [6.07, 6.45) is 2.96. The zero-order valence-electron chi connectivity index (χ0n) is 10.1. The predicted octanol–water partition coefficient (Wildman–Crippen LogP) is 3.79. The van der Waals surface area contributed by atoms with Gasteiger partial charge in [-0.2, -0.15) is 0 Å². The van der Waals surface area contributed by atoms with E-state index < -0.39 is 0 Å². The molecule has 0 unspecified atom stereocenters. The fourth-order valence-corrected chi connectivity index (χ4v) is 2.91. The molecule has 4 heteroatoms. The summed E-state index contributed by atoms with van der Waals surface area (Å²) in [5.41, 5.74) is 3.93. The maximum absolute atomic E-state index is 13.3. The average Bonchev–Trinajstić information content (AvgIpc) is 2.93. The molecule has 2 heterocycles. The van der Waals surface area contributed by atoms with E-state index in [9.17, 15) is 4.39 Å². The van der Waals surface area contributed by atoms with Gasteiger partial charge in [0.15, 0.2) is 0 Å². The van der Waals surface area contributed by atoms with Crippen LogP contribution in [0.15, 0.2) is 36.0 Å². The Morgan fingerprint density at radius 1 is 1.33 bits per heavy atom. The molecule has 0 saturated heterocycles. The molecule has 0 amide bonds. The molecule has 0 saturated carbocycles. The fraction of sp³-hybridized carbons (Fsp3) is 0.214. The lowest BCUT2D eigenvalue weighted by atomic mass is 10.2. The zero-order valence-corrected chi connectivity index (χ0v) is 10.9. The van der Waals surface area contributed by atoms with Crippen molar-refractivity contribution in [3.05, 3.63) is 52.4 Å². The van der Waals surface area contributed by atoms with Crippen LogP contribution in [-0.2, 0) is 13.0 Å². The largest absolute Gasteiger partial charge is 0.347 e. The van der Waals surface area contributed by atoms with Crippen LogP contribution in [0.4, 0.5) is 4.39 Å². The molecule has 0 bridgehead atoms. The molecule has 0 fully saturated rings. The second kappa shape index (κ2) is 4.53. The van der Waals surface area contributed by atoms with Crippen LogP contribution >= 0.6 is 11.3 Å². The molecule has 0 atom stereocenters. The Kier molecular flexibility index (Phi) is 2.88. The number of aromatic nitrogens is 2.